The van der Waals surface area contributed by atoms with Crippen LogP contribution in [0, 0.1) is 17.8 Å². The highest BCUT2D eigenvalue weighted by molar-refractivity contribution is 5.95. The average Bonchev–Trinajstić information content (AvgIpc) is 3.57. The molecule has 5 rings (SSSR count). The molecule has 0 radical (unpaired) electrons. The zero-order valence-corrected chi connectivity index (χ0v) is 20.0. The number of nitrogen functional groups attached to an aromatic ring is 1. The molecule has 5 N–H and O–H groups in total. The second-order valence-electron chi connectivity index (χ2n) is 8.62. The first-order chi connectivity index (χ1) is 18.0. The summed E-state index contributed by atoms with van der Waals surface area (Å²) in [6, 6.07) is 12.0. The average molecular weight is 499 g/mol. The van der Waals surface area contributed by atoms with Crippen LogP contribution in [0.25, 0.3) is 0 Å². The Morgan fingerprint density at radius 1 is 1.32 bits per heavy atom. The van der Waals surface area contributed by atoms with Gasteiger partial charge in [0, 0.05) is 42.4 Å². The summed E-state index contributed by atoms with van der Waals surface area (Å²) in [6.45, 7) is 1.70. The number of benzene rings is 2. The number of amidine groups is 1. The maximum Gasteiger partial charge on any atom is 0.350 e. The Morgan fingerprint density at radius 3 is 2.84 bits per heavy atom. The van der Waals surface area contributed by atoms with Crippen LogP contribution in [0.15, 0.2) is 57.2 Å². The van der Waals surface area contributed by atoms with E-state index in [1.807, 2.05) is 12.1 Å². The van der Waals surface area contributed by atoms with Crippen LogP contribution in [0.1, 0.15) is 41.4 Å². The van der Waals surface area contributed by atoms with E-state index in [9.17, 15) is 4.79 Å². The highest BCUT2D eigenvalue weighted by Crippen LogP contribution is 2.29. The lowest BCUT2D eigenvalue weighted by molar-refractivity contribution is 0.141. The molecule has 1 saturated heterocycles. The molecule has 0 amide bonds. The topological polar surface area (TPSA) is 156 Å². The van der Waals surface area contributed by atoms with Gasteiger partial charge in [0.2, 0.25) is 5.96 Å². The molecule has 0 bridgehead atoms. The summed E-state index contributed by atoms with van der Waals surface area (Å²) in [4.78, 5) is 24.2. The molecule has 11 heteroatoms. The fourth-order valence-electron chi connectivity index (χ4n) is 4.10. The Kier molecular flexibility index (Phi) is 6.83. The SMILES string of the molecule is C#Cc1cc(O[C@H]2CCOC2)cc(C(Nc2ccc(C(=N)N)cc2)c2nn(C3=NCCC=N3)c(=O)[nH]2)c1. The number of aromatic nitrogens is 3. The molecule has 2 aromatic carbocycles. The second-order valence-corrected chi connectivity index (χ2v) is 8.62. The number of hydrogen-bond acceptors (Lipinski definition) is 8. The molecule has 188 valence electrons. The van der Waals surface area contributed by atoms with E-state index in [1.165, 1.54) is 0 Å². The molecule has 2 aliphatic rings. The van der Waals surface area contributed by atoms with Crippen LogP contribution >= 0.6 is 0 Å². The van der Waals surface area contributed by atoms with Crippen molar-refractivity contribution in [2.24, 2.45) is 15.7 Å². The number of H-pyrrole nitrogens is 1. The van der Waals surface area contributed by atoms with Crippen LogP contribution in [0.2, 0.25) is 0 Å². The number of terminal acetylenes is 1. The molecule has 1 fully saturated rings. The normalized spacial score (nSPS) is 17.6. The van der Waals surface area contributed by atoms with Crippen LogP contribution in [-0.2, 0) is 4.74 Å². The lowest BCUT2D eigenvalue weighted by Crippen LogP contribution is -2.26. The van der Waals surface area contributed by atoms with E-state index in [-0.39, 0.29) is 17.9 Å². The first kappa shape index (κ1) is 24.0. The van der Waals surface area contributed by atoms with Gasteiger partial charge in [0.05, 0.1) is 13.2 Å². The van der Waals surface area contributed by atoms with Gasteiger partial charge in [-0.2, -0.15) is 0 Å². The van der Waals surface area contributed by atoms with Crippen molar-refractivity contribution in [3.05, 3.63) is 75.5 Å². The second kappa shape index (κ2) is 10.5. The van der Waals surface area contributed by atoms with E-state index in [1.54, 1.807) is 36.5 Å². The lowest BCUT2D eigenvalue weighted by Gasteiger charge is -2.20. The summed E-state index contributed by atoms with van der Waals surface area (Å²) < 4.78 is 12.7. The Bertz CT molecular complexity index is 1460. The van der Waals surface area contributed by atoms with Gasteiger partial charge in [-0.3, -0.25) is 10.4 Å². The highest BCUT2D eigenvalue weighted by Gasteiger charge is 2.24. The number of aliphatic imine (C=N–C) groups is 2. The minimum atomic E-state index is -0.610. The molecule has 3 heterocycles. The third kappa shape index (κ3) is 5.44. The van der Waals surface area contributed by atoms with E-state index in [4.69, 9.17) is 27.0 Å². The third-order valence-corrected chi connectivity index (χ3v) is 5.94. The number of anilines is 1. The quantitative estimate of drug-likeness (QED) is 0.221. The zero-order valence-electron chi connectivity index (χ0n) is 20.0. The van der Waals surface area contributed by atoms with E-state index in [2.05, 4.69) is 31.3 Å². The summed E-state index contributed by atoms with van der Waals surface area (Å²) in [5.41, 5.74) is 7.80. The van der Waals surface area contributed by atoms with Gasteiger partial charge in [-0.1, -0.05) is 5.92 Å². The van der Waals surface area contributed by atoms with Gasteiger partial charge in [0.1, 0.15) is 23.7 Å². The number of ether oxygens (including phenoxy) is 2. The van der Waals surface area contributed by atoms with E-state index in [0.717, 1.165) is 22.4 Å². The van der Waals surface area contributed by atoms with E-state index < -0.39 is 11.7 Å². The molecular weight excluding hydrogens is 472 g/mol. The largest absolute Gasteiger partial charge is 0.488 e. The third-order valence-electron chi connectivity index (χ3n) is 5.94. The van der Waals surface area contributed by atoms with Crippen LogP contribution in [-0.4, -0.2) is 58.6 Å². The summed E-state index contributed by atoms with van der Waals surface area (Å²) in [5, 5.41) is 15.6. The molecule has 0 aliphatic carbocycles. The smallest absolute Gasteiger partial charge is 0.350 e. The van der Waals surface area contributed by atoms with Gasteiger partial charge in [-0.25, -0.2) is 14.8 Å². The maximum absolute atomic E-state index is 12.8. The molecule has 0 saturated carbocycles. The Hall–Kier alpha value is -4.69. The monoisotopic (exact) mass is 498 g/mol. The van der Waals surface area contributed by atoms with Crippen molar-refractivity contribution in [2.45, 2.75) is 25.0 Å². The lowest BCUT2D eigenvalue weighted by atomic mass is 10.0. The zero-order chi connectivity index (χ0) is 25.8. The van der Waals surface area contributed by atoms with Crippen molar-refractivity contribution in [1.29, 1.82) is 5.41 Å². The predicted octanol–water partition coefficient (Wildman–Crippen LogP) is 1.88. The Morgan fingerprint density at radius 2 is 2.16 bits per heavy atom. The molecular formula is C26H26N8O3. The Balaban J connectivity index is 1.55. The molecule has 1 unspecified atom stereocenters. The first-order valence-electron chi connectivity index (χ1n) is 11.8. The molecule has 0 spiro atoms. The molecule has 11 nitrogen and oxygen atoms in total. The summed E-state index contributed by atoms with van der Waals surface area (Å²) >= 11 is 0. The molecule has 3 aromatic rings. The van der Waals surface area contributed by atoms with Crippen LogP contribution < -0.4 is 21.5 Å². The summed E-state index contributed by atoms with van der Waals surface area (Å²) in [6.07, 6.45) is 8.92. The number of nitrogens with two attached hydrogens (primary N) is 1. The number of nitrogens with one attached hydrogen (secondary N) is 3. The van der Waals surface area contributed by atoms with E-state index >= 15 is 0 Å². The van der Waals surface area contributed by atoms with Crippen LogP contribution in [0.3, 0.4) is 0 Å². The fraction of sp³-hybridized carbons (Fsp3) is 0.269. The minimum absolute atomic E-state index is 0.0283. The van der Waals surface area contributed by atoms with Crippen molar-refractivity contribution in [3.63, 3.8) is 0 Å². The van der Waals surface area contributed by atoms with Crippen molar-refractivity contribution < 1.29 is 9.47 Å². The Labute approximate surface area is 212 Å². The molecule has 1 aromatic heterocycles. The molecule has 2 atom stereocenters. The standard InChI is InChI=1S/C26H26N8O3/c1-2-16-12-18(14-21(13-16)37-20-8-11-36-15-20)22(31-19-6-4-17(5-7-19)23(27)28)24-32-26(35)34(33-24)25-29-9-3-10-30-25/h1,4-7,9,12-14,20,22,31H,3,8,10-11,15H2,(H3,27,28)(H,32,33,35)/t20-,22?/m0/s1. The first-order valence-corrected chi connectivity index (χ1v) is 11.8. The van der Waals surface area contributed by atoms with Crippen molar-refractivity contribution >= 4 is 23.7 Å². The van der Waals surface area contributed by atoms with Gasteiger partial charge in [0.15, 0.2) is 5.82 Å². The van der Waals surface area contributed by atoms with Crippen molar-refractivity contribution in [2.75, 3.05) is 25.1 Å². The number of hydrogen-bond donors (Lipinski definition) is 4. The molecule has 37 heavy (non-hydrogen) atoms. The van der Waals surface area contributed by atoms with Crippen LogP contribution in [0.5, 0.6) is 5.75 Å². The fourth-order valence-corrected chi connectivity index (χ4v) is 4.10. The maximum atomic E-state index is 12.8. The predicted molar refractivity (Wildman–Crippen MR) is 141 cm³/mol. The van der Waals surface area contributed by atoms with E-state index in [0.29, 0.717) is 48.9 Å². The van der Waals surface area contributed by atoms with Gasteiger partial charge in [-0.15, -0.1) is 16.2 Å². The molecule has 2 aliphatic heterocycles. The minimum Gasteiger partial charge on any atom is -0.488 e. The van der Waals surface area contributed by atoms with Gasteiger partial charge >= 0.3 is 5.69 Å². The van der Waals surface area contributed by atoms with Gasteiger partial charge < -0.3 is 20.5 Å². The summed E-state index contributed by atoms with van der Waals surface area (Å²) in [5.74, 6) is 3.82. The van der Waals surface area contributed by atoms with Crippen LogP contribution in [0.4, 0.5) is 5.69 Å². The number of nitrogens with zero attached hydrogens (tertiary/aromatic N) is 4. The number of rotatable bonds is 7. The number of aromatic amines is 1. The highest BCUT2D eigenvalue weighted by atomic mass is 16.5. The van der Waals surface area contributed by atoms with Gasteiger partial charge in [-0.05, 0) is 48.0 Å². The van der Waals surface area contributed by atoms with Crippen molar-refractivity contribution in [3.8, 4) is 18.1 Å². The van der Waals surface area contributed by atoms with Gasteiger partial charge in [0.25, 0.3) is 0 Å². The van der Waals surface area contributed by atoms with Crippen molar-refractivity contribution in [1.82, 2.24) is 14.8 Å². The summed E-state index contributed by atoms with van der Waals surface area (Å²) in [7, 11) is 0.